The van der Waals surface area contributed by atoms with Crippen LogP contribution in [0.15, 0.2) is 23.1 Å². The molecule has 2 N–H and O–H groups in total. The first-order valence-electron chi connectivity index (χ1n) is 8.66. The molecule has 1 saturated heterocycles. The second-order valence-electron chi connectivity index (χ2n) is 6.42. The molecule has 28 heavy (non-hydrogen) atoms. The number of aromatic amines is 2. The molecule has 0 spiro atoms. The van der Waals surface area contributed by atoms with E-state index in [4.69, 9.17) is 4.84 Å². The molecule has 10 heteroatoms. The van der Waals surface area contributed by atoms with Gasteiger partial charge in [0.2, 0.25) is 0 Å². The Labute approximate surface area is 162 Å². The van der Waals surface area contributed by atoms with Gasteiger partial charge in [-0.05, 0) is 37.5 Å². The monoisotopic (exact) mass is 400 g/mol. The SMILES string of the molecule is Cc1nc2[nH]cc(CCc3ccc(C(=O)ON4C(=O)CCC4=O)s3)c2c(=O)[nH]1. The van der Waals surface area contributed by atoms with Crippen LogP contribution in [0.1, 0.15) is 38.8 Å². The van der Waals surface area contributed by atoms with Crippen molar-refractivity contribution in [2.75, 3.05) is 0 Å². The van der Waals surface area contributed by atoms with E-state index in [2.05, 4.69) is 15.0 Å². The minimum atomic E-state index is -0.733. The number of amides is 2. The Morgan fingerprint density at radius 3 is 2.71 bits per heavy atom. The molecule has 0 radical (unpaired) electrons. The van der Waals surface area contributed by atoms with E-state index in [1.807, 2.05) is 0 Å². The first kappa shape index (κ1) is 18.1. The van der Waals surface area contributed by atoms with Crippen molar-refractivity contribution >= 4 is 40.2 Å². The van der Waals surface area contributed by atoms with Crippen LogP contribution in [-0.2, 0) is 27.3 Å². The van der Waals surface area contributed by atoms with Crippen LogP contribution < -0.4 is 5.56 Å². The van der Waals surface area contributed by atoms with Crippen LogP contribution in [0.2, 0.25) is 0 Å². The van der Waals surface area contributed by atoms with E-state index >= 15 is 0 Å². The highest BCUT2D eigenvalue weighted by Gasteiger charge is 2.33. The number of aromatic nitrogens is 3. The number of thiophene rings is 1. The lowest BCUT2D eigenvalue weighted by molar-refractivity contribution is -0.172. The van der Waals surface area contributed by atoms with E-state index in [1.165, 1.54) is 11.3 Å². The zero-order chi connectivity index (χ0) is 19.8. The highest BCUT2D eigenvalue weighted by Crippen LogP contribution is 2.22. The molecule has 144 valence electrons. The van der Waals surface area contributed by atoms with Gasteiger partial charge in [0.05, 0.1) is 5.39 Å². The minimum absolute atomic E-state index is 0.0555. The van der Waals surface area contributed by atoms with Gasteiger partial charge in [-0.25, -0.2) is 9.78 Å². The number of fused-ring (bicyclic) bond motifs is 1. The first-order chi connectivity index (χ1) is 13.4. The molecule has 1 aliphatic heterocycles. The van der Waals surface area contributed by atoms with Crippen molar-refractivity contribution in [3.05, 3.63) is 49.8 Å². The van der Waals surface area contributed by atoms with Crippen LogP contribution in [0.5, 0.6) is 0 Å². The van der Waals surface area contributed by atoms with Crippen LogP contribution >= 0.6 is 11.3 Å². The molecular weight excluding hydrogens is 384 g/mol. The van der Waals surface area contributed by atoms with Crippen LogP contribution in [0.4, 0.5) is 0 Å². The normalized spacial score (nSPS) is 14.2. The van der Waals surface area contributed by atoms with Gasteiger partial charge in [0.15, 0.2) is 0 Å². The van der Waals surface area contributed by atoms with Gasteiger partial charge in [0.1, 0.15) is 16.3 Å². The van der Waals surface area contributed by atoms with E-state index in [1.54, 1.807) is 25.3 Å². The molecule has 4 heterocycles. The number of hydroxylamine groups is 2. The fourth-order valence-electron chi connectivity index (χ4n) is 3.08. The zero-order valence-corrected chi connectivity index (χ0v) is 15.7. The average Bonchev–Trinajstić information content (AvgIpc) is 3.35. The molecule has 1 fully saturated rings. The quantitative estimate of drug-likeness (QED) is 0.627. The second kappa shape index (κ2) is 7.04. The van der Waals surface area contributed by atoms with Crippen LogP contribution in [-0.4, -0.2) is 37.8 Å². The molecule has 0 unspecified atom stereocenters. The molecule has 9 nitrogen and oxygen atoms in total. The summed E-state index contributed by atoms with van der Waals surface area (Å²) < 4.78 is 0. The summed E-state index contributed by atoms with van der Waals surface area (Å²) in [5.41, 5.74) is 1.20. The molecule has 4 rings (SSSR count). The van der Waals surface area contributed by atoms with Gasteiger partial charge in [-0.3, -0.25) is 14.4 Å². The second-order valence-corrected chi connectivity index (χ2v) is 7.58. The smallest absolute Gasteiger partial charge is 0.346 e. The zero-order valence-electron chi connectivity index (χ0n) is 14.9. The fraction of sp³-hybridized carbons (Fsp3) is 0.278. The van der Waals surface area contributed by atoms with Gasteiger partial charge in [-0.1, -0.05) is 0 Å². The van der Waals surface area contributed by atoms with E-state index in [0.717, 1.165) is 10.4 Å². The van der Waals surface area contributed by atoms with Crippen molar-refractivity contribution < 1.29 is 19.2 Å². The molecule has 0 aromatic carbocycles. The van der Waals surface area contributed by atoms with Crippen molar-refractivity contribution in [3.8, 4) is 0 Å². The Kier molecular flexibility index (Phi) is 4.55. The number of carbonyl (C=O) groups excluding carboxylic acids is 3. The van der Waals surface area contributed by atoms with E-state index < -0.39 is 17.8 Å². The van der Waals surface area contributed by atoms with Gasteiger partial charge in [0.25, 0.3) is 17.4 Å². The van der Waals surface area contributed by atoms with Gasteiger partial charge < -0.3 is 14.8 Å². The Balaban J connectivity index is 1.44. The van der Waals surface area contributed by atoms with Crippen molar-refractivity contribution in [2.24, 2.45) is 0 Å². The number of H-pyrrole nitrogens is 2. The molecule has 0 saturated carbocycles. The summed E-state index contributed by atoms with van der Waals surface area (Å²) in [6.45, 7) is 1.72. The number of rotatable bonds is 5. The highest BCUT2D eigenvalue weighted by molar-refractivity contribution is 7.13. The lowest BCUT2D eigenvalue weighted by Gasteiger charge is -2.11. The van der Waals surface area contributed by atoms with Gasteiger partial charge >= 0.3 is 5.97 Å². The molecule has 2 amide bonds. The summed E-state index contributed by atoms with van der Waals surface area (Å²) in [5, 5.41) is 1.07. The Hall–Kier alpha value is -3.27. The molecule has 0 aliphatic carbocycles. The first-order valence-corrected chi connectivity index (χ1v) is 9.47. The van der Waals surface area contributed by atoms with Crippen LogP contribution in [0.25, 0.3) is 11.0 Å². The Morgan fingerprint density at radius 1 is 1.21 bits per heavy atom. The third kappa shape index (κ3) is 3.33. The summed E-state index contributed by atoms with van der Waals surface area (Å²) in [6.07, 6.45) is 3.07. The number of imide groups is 1. The molecule has 3 aromatic heterocycles. The topological polar surface area (TPSA) is 125 Å². The number of hydrogen-bond donors (Lipinski definition) is 2. The predicted octanol–water partition coefficient (Wildman–Crippen LogP) is 1.63. The predicted molar refractivity (Wildman–Crippen MR) is 99.7 cm³/mol. The van der Waals surface area contributed by atoms with E-state index in [0.29, 0.717) is 39.6 Å². The summed E-state index contributed by atoms with van der Waals surface area (Å²) in [7, 11) is 0. The average molecular weight is 400 g/mol. The molecule has 0 bridgehead atoms. The van der Waals surface area contributed by atoms with Crippen molar-refractivity contribution in [3.63, 3.8) is 0 Å². The number of nitrogens with one attached hydrogen (secondary N) is 2. The number of hydrogen-bond acceptors (Lipinski definition) is 7. The fourth-order valence-corrected chi connectivity index (χ4v) is 3.96. The van der Waals surface area contributed by atoms with Crippen LogP contribution in [0.3, 0.4) is 0 Å². The Morgan fingerprint density at radius 2 is 1.96 bits per heavy atom. The minimum Gasteiger partial charge on any atom is -0.346 e. The third-order valence-corrected chi connectivity index (χ3v) is 5.55. The third-order valence-electron chi connectivity index (χ3n) is 4.43. The lowest BCUT2D eigenvalue weighted by Crippen LogP contribution is -2.31. The largest absolute Gasteiger partial charge is 0.373 e. The molecular formula is C18H16N4O5S. The van der Waals surface area contributed by atoms with E-state index in [9.17, 15) is 19.2 Å². The maximum Gasteiger partial charge on any atom is 0.373 e. The lowest BCUT2D eigenvalue weighted by atomic mass is 10.1. The summed E-state index contributed by atoms with van der Waals surface area (Å²) in [6, 6.07) is 3.39. The standard InChI is InChI=1S/C18H16N4O5S/c1-9-20-16-15(17(25)21-9)10(8-19-16)2-3-11-4-5-12(28-11)18(26)27-22-13(23)6-7-14(22)24/h4-5,8H,2-3,6-7H2,1H3,(H2,19,20,21,25). The molecule has 3 aromatic rings. The number of carbonyl (C=O) groups is 3. The van der Waals surface area contributed by atoms with Crippen molar-refractivity contribution in [1.82, 2.24) is 20.0 Å². The van der Waals surface area contributed by atoms with Gasteiger partial charge in [-0.15, -0.1) is 16.4 Å². The number of aryl methyl sites for hydroxylation is 3. The Bertz CT molecular complexity index is 1140. The maximum atomic E-state index is 12.2. The van der Waals surface area contributed by atoms with Crippen molar-refractivity contribution in [1.29, 1.82) is 0 Å². The highest BCUT2D eigenvalue weighted by atomic mass is 32.1. The maximum absolute atomic E-state index is 12.2. The van der Waals surface area contributed by atoms with Crippen LogP contribution in [0, 0.1) is 6.92 Å². The molecule has 0 atom stereocenters. The van der Waals surface area contributed by atoms with Crippen molar-refractivity contribution in [2.45, 2.75) is 32.6 Å². The molecule has 1 aliphatic rings. The summed E-state index contributed by atoms with van der Waals surface area (Å²) in [5.74, 6) is -1.21. The van der Waals surface area contributed by atoms with Gasteiger partial charge in [0, 0.05) is 23.9 Å². The number of nitrogens with zero attached hydrogens (tertiary/aromatic N) is 2. The summed E-state index contributed by atoms with van der Waals surface area (Å²) in [4.78, 5) is 63.5. The van der Waals surface area contributed by atoms with Gasteiger partial charge in [-0.2, -0.15) is 0 Å². The summed E-state index contributed by atoms with van der Waals surface area (Å²) >= 11 is 1.23. The van der Waals surface area contributed by atoms with E-state index in [-0.39, 0.29) is 18.4 Å².